The molecule has 1 amide bonds. The predicted molar refractivity (Wildman–Crippen MR) is 79.0 cm³/mol. The van der Waals surface area contributed by atoms with E-state index in [0.29, 0.717) is 17.1 Å². The molecule has 1 aromatic rings. The minimum atomic E-state index is -0.977. The number of hydrogen-bond acceptors (Lipinski definition) is 8. The van der Waals surface area contributed by atoms with E-state index in [1.54, 1.807) is 25.1 Å². The van der Waals surface area contributed by atoms with E-state index in [4.69, 9.17) is 14.2 Å². The third-order valence-electron chi connectivity index (χ3n) is 3.43. The van der Waals surface area contributed by atoms with E-state index in [2.05, 4.69) is 9.47 Å². The highest BCUT2D eigenvalue weighted by Crippen LogP contribution is 2.32. The molecule has 24 heavy (non-hydrogen) atoms. The highest BCUT2D eigenvalue weighted by molar-refractivity contribution is 6.01. The van der Waals surface area contributed by atoms with Crippen LogP contribution in [0.4, 0.5) is 9.59 Å². The minimum absolute atomic E-state index is 0.106. The second-order valence-corrected chi connectivity index (χ2v) is 4.85. The molecule has 9 heteroatoms. The Kier molecular flexibility index (Phi) is 5.46. The van der Waals surface area contributed by atoms with Crippen molar-refractivity contribution in [2.45, 2.75) is 13.0 Å². The van der Waals surface area contributed by atoms with Crippen LogP contribution in [0.1, 0.15) is 17.3 Å². The van der Waals surface area contributed by atoms with Crippen molar-refractivity contribution in [2.75, 3.05) is 27.7 Å². The van der Waals surface area contributed by atoms with Crippen LogP contribution in [0.2, 0.25) is 0 Å². The monoisotopic (exact) mass is 339 g/mol. The van der Waals surface area contributed by atoms with Crippen LogP contribution < -0.4 is 9.47 Å². The first-order valence-electron chi connectivity index (χ1n) is 6.98. The Bertz CT molecular complexity index is 644. The van der Waals surface area contributed by atoms with E-state index in [1.807, 2.05) is 0 Å². The number of hydrogen-bond donors (Lipinski definition) is 0. The van der Waals surface area contributed by atoms with Gasteiger partial charge in [-0.05, 0) is 25.1 Å². The van der Waals surface area contributed by atoms with Gasteiger partial charge in [-0.15, -0.1) is 0 Å². The Morgan fingerprint density at radius 3 is 2.62 bits per heavy atom. The van der Waals surface area contributed by atoms with E-state index in [1.165, 1.54) is 7.05 Å². The first kappa shape index (κ1) is 17.4. The maximum atomic E-state index is 12.5. The Morgan fingerprint density at radius 2 is 1.92 bits per heavy atom. The van der Waals surface area contributed by atoms with Crippen molar-refractivity contribution in [3.05, 3.63) is 23.8 Å². The number of likely N-dealkylation sites (N-methyl/N-ethyl adjacent to an activating group) is 1. The van der Waals surface area contributed by atoms with Crippen LogP contribution in [0.15, 0.2) is 18.2 Å². The summed E-state index contributed by atoms with van der Waals surface area (Å²) in [5.41, 5.74) is 0.372. The summed E-state index contributed by atoms with van der Waals surface area (Å²) in [6.45, 7) is 1.05. The molecule has 1 atom stereocenters. The van der Waals surface area contributed by atoms with Crippen LogP contribution in [0.5, 0.6) is 11.5 Å². The van der Waals surface area contributed by atoms with Crippen LogP contribution in [0.25, 0.3) is 0 Å². The molecule has 0 bridgehead atoms. The Balaban J connectivity index is 1.94. The predicted octanol–water partition coefficient (Wildman–Crippen LogP) is 1.80. The number of ether oxygens (including phenoxy) is 5. The summed E-state index contributed by atoms with van der Waals surface area (Å²) in [5.74, 6) is 0.735. The number of rotatable bonds is 5. The number of Topliss-reactive ketones (excluding diaryl/α,β-unsaturated/α-hetero) is 1. The number of nitrogens with zero attached hydrogens (tertiary/aromatic N) is 1. The molecule has 0 aromatic heterocycles. The first-order chi connectivity index (χ1) is 11.4. The van der Waals surface area contributed by atoms with E-state index in [-0.39, 0.29) is 12.6 Å². The summed E-state index contributed by atoms with van der Waals surface area (Å²) >= 11 is 0. The topological polar surface area (TPSA) is 101 Å². The quantitative estimate of drug-likeness (QED) is 0.455. The Morgan fingerprint density at radius 1 is 1.21 bits per heavy atom. The summed E-state index contributed by atoms with van der Waals surface area (Å²) in [4.78, 5) is 36.2. The zero-order chi connectivity index (χ0) is 17.7. The maximum Gasteiger partial charge on any atom is 0.510 e. The number of amides is 1. The van der Waals surface area contributed by atoms with Gasteiger partial charge in [0.25, 0.3) is 0 Å². The Labute approximate surface area is 138 Å². The van der Waals surface area contributed by atoms with Crippen molar-refractivity contribution in [1.82, 2.24) is 4.90 Å². The van der Waals surface area contributed by atoms with Crippen molar-refractivity contribution in [3.8, 4) is 11.5 Å². The normalized spacial score (nSPS) is 13.0. The zero-order valence-corrected chi connectivity index (χ0v) is 13.4. The van der Waals surface area contributed by atoms with Gasteiger partial charge in [-0.25, -0.2) is 9.59 Å². The molecule has 0 saturated heterocycles. The molecule has 0 fully saturated rings. The van der Waals surface area contributed by atoms with Crippen molar-refractivity contribution >= 4 is 18.0 Å². The van der Waals surface area contributed by atoms with Crippen molar-refractivity contribution in [3.63, 3.8) is 0 Å². The number of fused-ring (bicyclic) bond motifs is 1. The van der Waals surface area contributed by atoms with Crippen LogP contribution >= 0.6 is 0 Å². The van der Waals surface area contributed by atoms with Crippen LogP contribution in [0.3, 0.4) is 0 Å². The number of benzene rings is 1. The third-order valence-corrected chi connectivity index (χ3v) is 3.43. The van der Waals surface area contributed by atoms with Gasteiger partial charge in [0.15, 0.2) is 17.3 Å². The Hall–Kier alpha value is -2.97. The molecule has 1 aliphatic heterocycles. The van der Waals surface area contributed by atoms with Crippen LogP contribution in [-0.4, -0.2) is 56.7 Å². The van der Waals surface area contributed by atoms with E-state index < -0.39 is 25.1 Å². The fourth-order valence-electron chi connectivity index (χ4n) is 1.91. The van der Waals surface area contributed by atoms with Gasteiger partial charge in [0.2, 0.25) is 13.6 Å². The van der Waals surface area contributed by atoms with Crippen LogP contribution in [0, 0.1) is 0 Å². The molecule has 0 spiro atoms. The van der Waals surface area contributed by atoms with Crippen molar-refractivity contribution in [2.24, 2.45) is 0 Å². The van der Waals surface area contributed by atoms with Gasteiger partial charge in [0, 0.05) is 12.6 Å². The number of ketones is 1. The van der Waals surface area contributed by atoms with Crippen LogP contribution in [-0.2, 0) is 14.2 Å². The molecular formula is C15H17NO8. The third kappa shape index (κ3) is 3.86. The average Bonchev–Trinajstić information content (AvgIpc) is 3.06. The molecule has 1 heterocycles. The second-order valence-electron chi connectivity index (χ2n) is 4.85. The van der Waals surface area contributed by atoms with E-state index in [0.717, 1.165) is 12.0 Å². The fraction of sp³-hybridized carbons (Fsp3) is 0.400. The number of methoxy groups -OCH3 is 1. The van der Waals surface area contributed by atoms with Gasteiger partial charge in [0.05, 0.1) is 13.2 Å². The highest BCUT2D eigenvalue weighted by atomic mass is 16.8. The lowest BCUT2D eigenvalue weighted by molar-refractivity contribution is -0.0179. The largest absolute Gasteiger partial charge is 0.510 e. The lowest BCUT2D eigenvalue weighted by Gasteiger charge is -2.23. The van der Waals surface area contributed by atoms with Gasteiger partial charge >= 0.3 is 12.2 Å². The molecule has 1 aliphatic rings. The summed E-state index contributed by atoms with van der Waals surface area (Å²) in [6, 6.07) is 3.98. The number of carbonyl (C=O) groups is 3. The molecule has 2 rings (SSSR count). The SMILES string of the molecule is COC(=O)OCOC(=O)N(C)C(C)C(=O)c1ccc2c(c1)OCO2. The summed E-state index contributed by atoms with van der Waals surface area (Å²) in [5, 5.41) is 0. The van der Waals surface area contributed by atoms with Gasteiger partial charge in [-0.2, -0.15) is 0 Å². The zero-order valence-electron chi connectivity index (χ0n) is 13.4. The molecule has 0 radical (unpaired) electrons. The maximum absolute atomic E-state index is 12.5. The molecular weight excluding hydrogens is 322 g/mol. The summed E-state index contributed by atoms with van der Waals surface area (Å²) in [6.07, 6.45) is -1.80. The summed E-state index contributed by atoms with van der Waals surface area (Å²) in [7, 11) is 2.53. The smallest absolute Gasteiger partial charge is 0.454 e. The molecule has 0 saturated carbocycles. The molecule has 130 valence electrons. The average molecular weight is 339 g/mol. The fourth-order valence-corrected chi connectivity index (χ4v) is 1.91. The highest BCUT2D eigenvalue weighted by Gasteiger charge is 2.26. The second kappa shape index (κ2) is 7.53. The van der Waals surface area contributed by atoms with Gasteiger partial charge in [-0.1, -0.05) is 0 Å². The van der Waals surface area contributed by atoms with Gasteiger partial charge in [-0.3, -0.25) is 4.79 Å². The molecule has 9 nitrogen and oxygen atoms in total. The standard InChI is InChI=1S/C15H17NO8/c1-9(16(2)14(18)23-8-24-15(19)20-3)13(17)10-4-5-11-12(6-10)22-7-21-11/h4-6,9H,7-8H2,1-3H3. The molecule has 0 aliphatic carbocycles. The molecule has 0 N–H and O–H groups in total. The van der Waals surface area contributed by atoms with E-state index >= 15 is 0 Å². The van der Waals surface area contributed by atoms with Gasteiger partial charge in [0.1, 0.15) is 0 Å². The first-order valence-corrected chi connectivity index (χ1v) is 6.98. The minimum Gasteiger partial charge on any atom is -0.454 e. The van der Waals surface area contributed by atoms with Crippen molar-refractivity contribution in [1.29, 1.82) is 0 Å². The summed E-state index contributed by atoms with van der Waals surface area (Å²) < 4.78 is 23.8. The van der Waals surface area contributed by atoms with E-state index in [9.17, 15) is 14.4 Å². The van der Waals surface area contributed by atoms with Gasteiger partial charge < -0.3 is 28.6 Å². The number of carbonyl (C=O) groups excluding carboxylic acids is 3. The molecule has 1 aromatic carbocycles. The molecule has 1 unspecified atom stereocenters. The lowest BCUT2D eigenvalue weighted by Crippen LogP contribution is -2.41. The lowest BCUT2D eigenvalue weighted by atomic mass is 10.0. The van der Waals surface area contributed by atoms with Crippen molar-refractivity contribution < 1.29 is 38.1 Å².